The molecule has 22 heavy (non-hydrogen) atoms. The fourth-order valence-electron chi connectivity index (χ4n) is 1.76. The van der Waals surface area contributed by atoms with Crippen molar-refractivity contribution in [3.63, 3.8) is 0 Å². The Morgan fingerprint density at radius 3 is 2.05 bits per heavy atom. The first-order chi connectivity index (χ1) is 10.5. The molecular weight excluding hydrogens is 290 g/mol. The molecule has 0 saturated carbocycles. The van der Waals surface area contributed by atoms with Gasteiger partial charge in [-0.05, 0) is 13.8 Å². The molecule has 0 bridgehead atoms. The molecule has 122 valence electrons. The molecule has 2 amide bonds. The van der Waals surface area contributed by atoms with Crippen LogP contribution < -0.4 is 0 Å². The molecule has 0 aliphatic carbocycles. The Bertz CT molecular complexity index is 458. The van der Waals surface area contributed by atoms with E-state index in [1.807, 2.05) is 0 Å². The van der Waals surface area contributed by atoms with Crippen molar-refractivity contribution >= 4 is 17.8 Å². The normalized spacial score (nSPS) is 14.7. The second-order valence-electron chi connectivity index (χ2n) is 4.61. The average molecular weight is 311 g/mol. The van der Waals surface area contributed by atoms with E-state index in [2.05, 4.69) is 6.58 Å². The number of carbonyl (C=O) groups is 3. The molecule has 0 spiro atoms. The number of imide groups is 1. The topological polar surface area (TPSA) is 82.1 Å². The van der Waals surface area contributed by atoms with E-state index in [4.69, 9.17) is 14.2 Å². The summed E-state index contributed by atoms with van der Waals surface area (Å²) in [6.07, 6.45) is 1.09. The lowest BCUT2D eigenvalue weighted by Gasteiger charge is -2.14. The van der Waals surface area contributed by atoms with Crippen molar-refractivity contribution in [2.45, 2.75) is 13.8 Å². The van der Waals surface area contributed by atoms with Gasteiger partial charge in [0.05, 0.1) is 33.0 Å². The highest BCUT2D eigenvalue weighted by atomic mass is 16.6. The van der Waals surface area contributed by atoms with Crippen molar-refractivity contribution in [1.82, 2.24) is 4.90 Å². The molecule has 0 aromatic heterocycles. The SMILES string of the molecule is C=CC(=O)OCCOCCOCCN1C(=O)C(C)=C(C)C1=O. The molecule has 1 aliphatic heterocycles. The zero-order chi connectivity index (χ0) is 16.5. The molecule has 0 aromatic carbocycles. The highest BCUT2D eigenvalue weighted by Crippen LogP contribution is 2.18. The number of esters is 1. The Labute approximate surface area is 129 Å². The number of hydrogen-bond donors (Lipinski definition) is 0. The lowest BCUT2D eigenvalue weighted by molar-refractivity contribution is -0.140. The van der Waals surface area contributed by atoms with E-state index in [0.717, 1.165) is 6.08 Å². The molecule has 7 heteroatoms. The van der Waals surface area contributed by atoms with Gasteiger partial charge in [-0.3, -0.25) is 14.5 Å². The van der Waals surface area contributed by atoms with Crippen LogP contribution in [0.15, 0.2) is 23.8 Å². The van der Waals surface area contributed by atoms with Crippen LogP contribution in [0.5, 0.6) is 0 Å². The van der Waals surface area contributed by atoms with E-state index in [1.54, 1.807) is 13.8 Å². The maximum atomic E-state index is 11.8. The van der Waals surface area contributed by atoms with Crippen molar-refractivity contribution < 1.29 is 28.6 Å². The molecule has 0 N–H and O–H groups in total. The van der Waals surface area contributed by atoms with Gasteiger partial charge in [0.25, 0.3) is 11.8 Å². The van der Waals surface area contributed by atoms with Crippen LogP contribution in [0.1, 0.15) is 13.8 Å². The molecule has 0 fully saturated rings. The second kappa shape index (κ2) is 9.11. The Kier molecular flexibility index (Phi) is 7.48. The summed E-state index contributed by atoms with van der Waals surface area (Å²) >= 11 is 0. The smallest absolute Gasteiger partial charge is 0.330 e. The molecule has 1 aliphatic rings. The number of hydrogen-bond acceptors (Lipinski definition) is 6. The van der Waals surface area contributed by atoms with Gasteiger partial charge in [-0.25, -0.2) is 4.79 Å². The minimum atomic E-state index is -0.487. The molecule has 0 saturated heterocycles. The van der Waals surface area contributed by atoms with Crippen LogP contribution in [0.25, 0.3) is 0 Å². The minimum absolute atomic E-state index is 0.159. The van der Waals surface area contributed by atoms with Crippen LogP contribution in [0, 0.1) is 0 Å². The molecule has 0 unspecified atom stereocenters. The van der Waals surface area contributed by atoms with Gasteiger partial charge in [-0.2, -0.15) is 0 Å². The molecule has 0 radical (unpaired) electrons. The lowest BCUT2D eigenvalue weighted by atomic mass is 10.2. The number of rotatable bonds is 10. The molecule has 1 rings (SSSR count). The summed E-state index contributed by atoms with van der Waals surface area (Å²) in [5, 5.41) is 0. The Hall–Kier alpha value is -1.99. The van der Waals surface area contributed by atoms with E-state index in [1.165, 1.54) is 4.90 Å². The van der Waals surface area contributed by atoms with Crippen molar-refractivity contribution in [3.8, 4) is 0 Å². The third kappa shape index (κ3) is 5.09. The third-order valence-corrected chi connectivity index (χ3v) is 3.16. The van der Waals surface area contributed by atoms with Crippen LogP contribution in [-0.2, 0) is 28.6 Å². The van der Waals surface area contributed by atoms with Crippen molar-refractivity contribution in [2.24, 2.45) is 0 Å². The molecule has 7 nitrogen and oxygen atoms in total. The van der Waals surface area contributed by atoms with E-state index >= 15 is 0 Å². The standard InChI is InChI=1S/C15H21NO6/c1-4-13(17)22-10-9-21-8-7-20-6-5-16-14(18)11(2)12(3)15(16)19/h4H,1,5-10H2,2-3H3. The van der Waals surface area contributed by atoms with Gasteiger partial charge in [0.15, 0.2) is 0 Å². The largest absolute Gasteiger partial charge is 0.460 e. The first kappa shape index (κ1) is 18.1. The highest BCUT2D eigenvalue weighted by molar-refractivity contribution is 6.18. The van der Waals surface area contributed by atoms with Gasteiger partial charge < -0.3 is 14.2 Å². The van der Waals surface area contributed by atoms with Gasteiger partial charge in [-0.15, -0.1) is 0 Å². The molecule has 0 aromatic rings. The van der Waals surface area contributed by atoms with E-state index in [9.17, 15) is 14.4 Å². The zero-order valence-electron chi connectivity index (χ0n) is 12.9. The van der Waals surface area contributed by atoms with Crippen molar-refractivity contribution in [3.05, 3.63) is 23.8 Å². The summed E-state index contributed by atoms with van der Waals surface area (Å²) < 4.78 is 15.2. The van der Waals surface area contributed by atoms with Crippen molar-refractivity contribution in [1.29, 1.82) is 0 Å². The summed E-state index contributed by atoms with van der Waals surface area (Å²) in [5.74, 6) is -1.00. The van der Waals surface area contributed by atoms with Gasteiger partial charge in [0.1, 0.15) is 6.61 Å². The Morgan fingerprint density at radius 1 is 1.00 bits per heavy atom. The Balaban J connectivity index is 2.03. The first-order valence-electron chi connectivity index (χ1n) is 6.97. The van der Waals surface area contributed by atoms with E-state index < -0.39 is 5.97 Å². The molecular formula is C15H21NO6. The van der Waals surface area contributed by atoms with Crippen LogP contribution in [-0.4, -0.2) is 62.3 Å². The summed E-state index contributed by atoms with van der Waals surface area (Å²) in [4.78, 5) is 35.4. The molecule has 1 heterocycles. The maximum absolute atomic E-state index is 11.8. The summed E-state index contributed by atoms with van der Waals surface area (Å²) in [6.45, 7) is 8.14. The van der Waals surface area contributed by atoms with Gasteiger partial charge >= 0.3 is 5.97 Å². The summed E-state index contributed by atoms with van der Waals surface area (Å²) in [7, 11) is 0. The molecule has 0 atom stereocenters. The fourth-order valence-corrected chi connectivity index (χ4v) is 1.76. The van der Waals surface area contributed by atoms with E-state index in [-0.39, 0.29) is 38.2 Å². The van der Waals surface area contributed by atoms with Crippen molar-refractivity contribution in [2.75, 3.05) is 39.6 Å². The highest BCUT2D eigenvalue weighted by Gasteiger charge is 2.32. The number of ether oxygens (including phenoxy) is 3. The summed E-state index contributed by atoms with van der Waals surface area (Å²) in [5.41, 5.74) is 0.977. The van der Waals surface area contributed by atoms with E-state index in [0.29, 0.717) is 24.4 Å². The van der Waals surface area contributed by atoms with Gasteiger partial charge in [-0.1, -0.05) is 6.58 Å². The van der Waals surface area contributed by atoms with Crippen LogP contribution >= 0.6 is 0 Å². The number of amides is 2. The Morgan fingerprint density at radius 2 is 1.50 bits per heavy atom. The summed E-state index contributed by atoms with van der Waals surface area (Å²) in [6, 6.07) is 0. The third-order valence-electron chi connectivity index (χ3n) is 3.16. The predicted molar refractivity (Wildman–Crippen MR) is 77.9 cm³/mol. The van der Waals surface area contributed by atoms with Crippen LogP contribution in [0.3, 0.4) is 0 Å². The first-order valence-corrected chi connectivity index (χ1v) is 6.97. The monoisotopic (exact) mass is 311 g/mol. The van der Waals surface area contributed by atoms with Gasteiger partial charge in [0, 0.05) is 17.2 Å². The maximum Gasteiger partial charge on any atom is 0.330 e. The zero-order valence-corrected chi connectivity index (χ0v) is 12.9. The van der Waals surface area contributed by atoms with Crippen LogP contribution in [0.4, 0.5) is 0 Å². The second-order valence-corrected chi connectivity index (χ2v) is 4.61. The number of nitrogens with zero attached hydrogens (tertiary/aromatic N) is 1. The predicted octanol–water partition coefficient (Wildman–Crippen LogP) is 0.454. The average Bonchev–Trinajstić information content (AvgIpc) is 2.70. The number of carbonyl (C=O) groups excluding carboxylic acids is 3. The minimum Gasteiger partial charge on any atom is -0.460 e. The lowest BCUT2D eigenvalue weighted by Crippen LogP contribution is -2.34. The quantitative estimate of drug-likeness (QED) is 0.252. The van der Waals surface area contributed by atoms with Gasteiger partial charge in [0.2, 0.25) is 0 Å². The fraction of sp³-hybridized carbons (Fsp3) is 0.533. The van der Waals surface area contributed by atoms with Crippen LogP contribution in [0.2, 0.25) is 0 Å².